The van der Waals surface area contributed by atoms with Gasteiger partial charge in [-0.05, 0) is 55.2 Å². The van der Waals surface area contributed by atoms with Crippen LogP contribution in [0.1, 0.15) is 59.3 Å². The fourth-order valence-electron chi connectivity index (χ4n) is 2.94. The first kappa shape index (κ1) is 22.8. The van der Waals surface area contributed by atoms with Crippen molar-refractivity contribution in [1.29, 1.82) is 0 Å². The quantitative estimate of drug-likeness (QED) is 0.288. The second-order valence-corrected chi connectivity index (χ2v) is 7.32. The Morgan fingerprint density at radius 1 is 0.793 bits per heavy atom. The number of ether oxygens (including phenoxy) is 3. The van der Waals surface area contributed by atoms with Crippen molar-refractivity contribution in [3.63, 3.8) is 0 Å². The van der Waals surface area contributed by atoms with Gasteiger partial charge in [-0.2, -0.15) is 0 Å². The normalized spacial score (nSPS) is 11.7. The highest BCUT2D eigenvalue weighted by Crippen LogP contribution is 2.25. The summed E-state index contributed by atoms with van der Waals surface area (Å²) < 4.78 is 16.8. The van der Waals surface area contributed by atoms with Crippen LogP contribution in [0.5, 0.6) is 11.5 Å². The van der Waals surface area contributed by atoms with Crippen LogP contribution in [0.4, 0.5) is 0 Å². The third kappa shape index (κ3) is 8.59. The van der Waals surface area contributed by atoms with E-state index in [1.165, 1.54) is 19.3 Å². The number of rotatable bonds is 13. The molecule has 4 heteroatoms. The Labute approximate surface area is 175 Å². The Morgan fingerprint density at radius 2 is 1.38 bits per heavy atom. The lowest BCUT2D eigenvalue weighted by molar-refractivity contribution is -0.149. The van der Waals surface area contributed by atoms with Crippen LogP contribution < -0.4 is 9.47 Å². The maximum absolute atomic E-state index is 11.5. The smallest absolute Gasteiger partial charge is 0.306 e. The second-order valence-electron chi connectivity index (χ2n) is 7.32. The molecule has 1 unspecified atom stereocenters. The highest BCUT2D eigenvalue weighted by Gasteiger charge is 2.09. The molecule has 0 aromatic heterocycles. The standard InChI is InChI=1S/C25H34O4/c1-4-6-7-8-18-27-23-14-10-21(11-15-23)22-12-16-24(17-13-22)28-19-20(3)29-25(26)9-5-2/h10-17,20H,4-9,18-19H2,1-3H3. The molecule has 2 aromatic rings. The summed E-state index contributed by atoms with van der Waals surface area (Å²) in [4.78, 5) is 11.5. The summed E-state index contributed by atoms with van der Waals surface area (Å²) in [5.41, 5.74) is 2.26. The van der Waals surface area contributed by atoms with Gasteiger partial charge in [-0.1, -0.05) is 57.4 Å². The van der Waals surface area contributed by atoms with Crippen molar-refractivity contribution in [3.8, 4) is 22.6 Å². The third-order valence-electron chi connectivity index (χ3n) is 4.58. The molecular weight excluding hydrogens is 364 g/mol. The van der Waals surface area contributed by atoms with Crippen LogP contribution in [0.15, 0.2) is 48.5 Å². The zero-order chi connectivity index (χ0) is 20.9. The molecule has 0 saturated heterocycles. The summed E-state index contributed by atoms with van der Waals surface area (Å²) in [7, 11) is 0. The SMILES string of the molecule is CCCCCCOc1ccc(-c2ccc(OCC(C)OC(=O)CCC)cc2)cc1. The summed E-state index contributed by atoms with van der Waals surface area (Å²) in [5, 5.41) is 0. The van der Waals surface area contributed by atoms with Crippen molar-refractivity contribution in [1.82, 2.24) is 0 Å². The average Bonchev–Trinajstić information content (AvgIpc) is 2.73. The van der Waals surface area contributed by atoms with Gasteiger partial charge in [0.05, 0.1) is 6.61 Å². The van der Waals surface area contributed by atoms with Crippen LogP contribution in [-0.4, -0.2) is 25.3 Å². The van der Waals surface area contributed by atoms with Gasteiger partial charge in [0.1, 0.15) is 24.2 Å². The number of unbranched alkanes of at least 4 members (excludes halogenated alkanes) is 3. The molecule has 0 amide bonds. The zero-order valence-corrected chi connectivity index (χ0v) is 18.0. The molecule has 1 atom stereocenters. The summed E-state index contributed by atoms with van der Waals surface area (Å²) in [6.07, 6.45) is 5.82. The summed E-state index contributed by atoms with van der Waals surface area (Å²) in [5.74, 6) is 1.50. The Morgan fingerprint density at radius 3 is 1.93 bits per heavy atom. The fraction of sp³-hybridized carbons (Fsp3) is 0.480. The molecule has 0 saturated carbocycles. The Balaban J connectivity index is 1.79. The Kier molecular flexibility index (Phi) is 10.1. The minimum absolute atomic E-state index is 0.174. The highest BCUT2D eigenvalue weighted by atomic mass is 16.6. The maximum atomic E-state index is 11.5. The fourth-order valence-corrected chi connectivity index (χ4v) is 2.94. The molecule has 0 bridgehead atoms. The third-order valence-corrected chi connectivity index (χ3v) is 4.58. The molecule has 0 aliphatic heterocycles. The van der Waals surface area contributed by atoms with Crippen molar-refractivity contribution in [3.05, 3.63) is 48.5 Å². The van der Waals surface area contributed by atoms with Gasteiger partial charge in [-0.3, -0.25) is 4.79 Å². The lowest BCUT2D eigenvalue weighted by atomic mass is 10.1. The number of esters is 1. The van der Waals surface area contributed by atoms with E-state index in [1.54, 1.807) is 0 Å². The van der Waals surface area contributed by atoms with Gasteiger partial charge in [0.15, 0.2) is 0 Å². The first-order valence-electron chi connectivity index (χ1n) is 10.8. The molecule has 0 aliphatic rings. The van der Waals surface area contributed by atoms with Crippen LogP contribution in [0, 0.1) is 0 Å². The van der Waals surface area contributed by atoms with Crippen molar-refractivity contribution in [2.45, 2.75) is 65.4 Å². The second kappa shape index (κ2) is 12.9. The lowest BCUT2D eigenvalue weighted by Crippen LogP contribution is -2.21. The van der Waals surface area contributed by atoms with Crippen LogP contribution in [0.25, 0.3) is 11.1 Å². The molecule has 4 nitrogen and oxygen atoms in total. The van der Waals surface area contributed by atoms with Crippen LogP contribution >= 0.6 is 0 Å². The van der Waals surface area contributed by atoms with Crippen molar-refractivity contribution in [2.24, 2.45) is 0 Å². The van der Waals surface area contributed by atoms with E-state index in [-0.39, 0.29) is 12.1 Å². The predicted molar refractivity (Wildman–Crippen MR) is 117 cm³/mol. The minimum atomic E-state index is -0.261. The number of carbonyl (C=O) groups excluding carboxylic acids is 1. The highest BCUT2D eigenvalue weighted by molar-refractivity contribution is 5.69. The monoisotopic (exact) mass is 398 g/mol. The van der Waals surface area contributed by atoms with E-state index < -0.39 is 0 Å². The molecule has 0 spiro atoms. The first-order chi connectivity index (χ1) is 14.1. The van der Waals surface area contributed by atoms with Gasteiger partial charge in [-0.25, -0.2) is 0 Å². The van der Waals surface area contributed by atoms with Crippen molar-refractivity contribution >= 4 is 5.97 Å². The van der Waals surface area contributed by atoms with Crippen LogP contribution in [-0.2, 0) is 9.53 Å². The zero-order valence-electron chi connectivity index (χ0n) is 18.0. The molecule has 0 fully saturated rings. The van der Waals surface area contributed by atoms with Gasteiger partial charge in [0, 0.05) is 6.42 Å². The van der Waals surface area contributed by atoms with E-state index >= 15 is 0 Å². The predicted octanol–water partition coefficient (Wildman–Crippen LogP) is 6.42. The molecule has 29 heavy (non-hydrogen) atoms. The lowest BCUT2D eigenvalue weighted by Gasteiger charge is -2.14. The number of carbonyl (C=O) groups is 1. The van der Waals surface area contributed by atoms with Gasteiger partial charge >= 0.3 is 5.97 Å². The maximum Gasteiger partial charge on any atom is 0.306 e. The molecule has 0 N–H and O–H groups in total. The van der Waals surface area contributed by atoms with Crippen molar-refractivity contribution in [2.75, 3.05) is 13.2 Å². The Bertz CT molecular complexity index is 707. The molecule has 0 heterocycles. The van der Waals surface area contributed by atoms with E-state index in [2.05, 4.69) is 19.1 Å². The summed E-state index contributed by atoms with van der Waals surface area (Å²) in [6, 6.07) is 16.1. The van der Waals surface area contributed by atoms with Gasteiger partial charge in [0.2, 0.25) is 0 Å². The molecule has 158 valence electrons. The van der Waals surface area contributed by atoms with Crippen LogP contribution in [0.3, 0.4) is 0 Å². The first-order valence-corrected chi connectivity index (χ1v) is 10.8. The molecule has 0 radical (unpaired) electrons. The number of hydrogen-bond acceptors (Lipinski definition) is 4. The average molecular weight is 399 g/mol. The topological polar surface area (TPSA) is 44.8 Å². The van der Waals surface area contributed by atoms with E-state index in [1.807, 2.05) is 50.2 Å². The largest absolute Gasteiger partial charge is 0.494 e. The van der Waals surface area contributed by atoms with E-state index in [4.69, 9.17) is 14.2 Å². The summed E-state index contributed by atoms with van der Waals surface area (Å²) in [6.45, 7) is 7.13. The Hall–Kier alpha value is -2.49. The number of hydrogen-bond donors (Lipinski definition) is 0. The molecule has 2 aromatic carbocycles. The van der Waals surface area contributed by atoms with Crippen molar-refractivity contribution < 1.29 is 19.0 Å². The van der Waals surface area contributed by atoms with Gasteiger partial charge in [0.25, 0.3) is 0 Å². The van der Waals surface area contributed by atoms with E-state index in [0.717, 1.165) is 42.1 Å². The minimum Gasteiger partial charge on any atom is -0.494 e. The van der Waals surface area contributed by atoms with Gasteiger partial charge < -0.3 is 14.2 Å². The van der Waals surface area contributed by atoms with Gasteiger partial charge in [-0.15, -0.1) is 0 Å². The molecule has 0 aliphatic carbocycles. The van der Waals surface area contributed by atoms with E-state index in [0.29, 0.717) is 13.0 Å². The van der Waals surface area contributed by atoms with Crippen LogP contribution in [0.2, 0.25) is 0 Å². The molecular formula is C25H34O4. The van der Waals surface area contributed by atoms with E-state index in [9.17, 15) is 4.79 Å². The molecule has 2 rings (SSSR count). The number of benzene rings is 2. The summed E-state index contributed by atoms with van der Waals surface area (Å²) >= 11 is 0.